The molecule has 0 aliphatic carbocycles. The summed E-state index contributed by atoms with van der Waals surface area (Å²) in [6.45, 7) is 1.83. The molecule has 3 rings (SSSR count). The van der Waals surface area contributed by atoms with Gasteiger partial charge in [0, 0.05) is 23.5 Å². The van der Waals surface area contributed by atoms with Gasteiger partial charge in [-0.2, -0.15) is 8.42 Å². The molecule has 2 aromatic carbocycles. The maximum Gasteiger partial charge on any atom is 0.341 e. The molecule has 1 aromatic heterocycles. The Bertz CT molecular complexity index is 1010. The quantitative estimate of drug-likeness (QED) is 0.681. The van der Waals surface area contributed by atoms with E-state index in [-0.39, 0.29) is 11.3 Å². The number of rotatable bonds is 5. The summed E-state index contributed by atoms with van der Waals surface area (Å²) in [5.41, 5.74) is 8.51. The first-order valence-electron chi connectivity index (χ1n) is 7.72. The Morgan fingerprint density at radius 2 is 1.84 bits per heavy atom. The van der Waals surface area contributed by atoms with E-state index in [1.165, 1.54) is 12.1 Å². The first kappa shape index (κ1) is 17.2. The van der Waals surface area contributed by atoms with Crippen LogP contribution in [-0.4, -0.2) is 25.4 Å². The van der Waals surface area contributed by atoms with Crippen LogP contribution >= 0.6 is 0 Å². The molecule has 0 aliphatic heterocycles. The number of nitrogens with two attached hydrogens (primary N) is 1. The maximum atomic E-state index is 12.2. The molecule has 0 aliphatic rings. The van der Waals surface area contributed by atoms with Crippen LogP contribution in [0.5, 0.6) is 0 Å². The van der Waals surface area contributed by atoms with E-state index in [0.717, 1.165) is 22.0 Å². The molecule has 130 valence electrons. The molecule has 1 heterocycles. The number of hydrogen-bond donors (Lipinski definition) is 2. The summed E-state index contributed by atoms with van der Waals surface area (Å²) in [5.74, 6) is -0.981. The minimum atomic E-state index is -4.18. The Hall–Kier alpha value is -2.64. The minimum absolute atomic E-state index is 0.0780. The lowest BCUT2D eigenvalue weighted by Gasteiger charge is -2.11. The number of benzene rings is 2. The average Bonchev–Trinajstić information content (AvgIpc) is 2.98. The summed E-state index contributed by atoms with van der Waals surface area (Å²) < 4.78 is 29.0. The zero-order valence-electron chi connectivity index (χ0n) is 13.6. The Kier molecular flexibility index (Phi) is 4.61. The fraction of sp³-hybridized carbons (Fsp3) is 0.167. The molecule has 0 unspecified atom stereocenters. The maximum absolute atomic E-state index is 12.2. The minimum Gasteiger partial charge on any atom is -0.361 e. The molecule has 1 atom stereocenters. The van der Waals surface area contributed by atoms with Gasteiger partial charge >= 0.3 is 16.1 Å². The Labute approximate surface area is 145 Å². The topological polar surface area (TPSA) is 102 Å². The van der Waals surface area contributed by atoms with Gasteiger partial charge in [-0.15, -0.1) is 0 Å². The molecule has 7 heteroatoms. The monoisotopic (exact) mass is 358 g/mol. The summed E-state index contributed by atoms with van der Waals surface area (Å²) in [5, 5.41) is 0.937. The van der Waals surface area contributed by atoms with Crippen LogP contribution in [0.2, 0.25) is 0 Å². The molecular formula is C18H18N2O4S. The van der Waals surface area contributed by atoms with Gasteiger partial charge in [0.05, 0.1) is 0 Å². The van der Waals surface area contributed by atoms with E-state index >= 15 is 0 Å². The van der Waals surface area contributed by atoms with Crippen LogP contribution in [0.4, 0.5) is 0 Å². The predicted octanol–water partition coefficient (Wildman–Crippen LogP) is 2.28. The van der Waals surface area contributed by atoms with Crippen molar-refractivity contribution >= 4 is 27.0 Å². The fourth-order valence-corrected chi connectivity index (χ4v) is 3.45. The zero-order valence-corrected chi connectivity index (χ0v) is 14.4. The van der Waals surface area contributed by atoms with Gasteiger partial charge < -0.3 is 14.9 Å². The molecule has 0 amide bonds. The fourth-order valence-electron chi connectivity index (χ4n) is 2.54. The van der Waals surface area contributed by atoms with Gasteiger partial charge in [-0.1, -0.05) is 35.9 Å². The van der Waals surface area contributed by atoms with Crippen molar-refractivity contribution in [2.75, 3.05) is 0 Å². The third-order valence-electron chi connectivity index (χ3n) is 3.92. The Morgan fingerprint density at radius 3 is 2.56 bits per heavy atom. The highest BCUT2D eigenvalue weighted by atomic mass is 32.2. The number of aromatic amines is 1. The van der Waals surface area contributed by atoms with E-state index in [1.807, 2.05) is 31.2 Å². The average molecular weight is 358 g/mol. The SMILES string of the molecule is Cc1ccc(S(=O)(=O)OC(=O)[C@@H](N)Cc2c[nH]c3ccccc23)cc1. The van der Waals surface area contributed by atoms with Crippen LogP contribution < -0.4 is 5.73 Å². The number of carbonyl (C=O) groups is 1. The van der Waals surface area contributed by atoms with Crippen LogP contribution in [0.15, 0.2) is 59.6 Å². The zero-order chi connectivity index (χ0) is 18.0. The van der Waals surface area contributed by atoms with E-state index in [0.29, 0.717) is 0 Å². The number of carbonyl (C=O) groups excluding carboxylic acids is 1. The van der Waals surface area contributed by atoms with Crippen molar-refractivity contribution < 1.29 is 17.4 Å². The lowest BCUT2D eigenvalue weighted by molar-refractivity contribution is -0.135. The summed E-state index contributed by atoms with van der Waals surface area (Å²) in [7, 11) is -4.18. The number of H-pyrrole nitrogens is 1. The smallest absolute Gasteiger partial charge is 0.341 e. The van der Waals surface area contributed by atoms with Crippen molar-refractivity contribution in [3.8, 4) is 0 Å². The second kappa shape index (κ2) is 6.70. The highest BCUT2D eigenvalue weighted by molar-refractivity contribution is 7.87. The van der Waals surface area contributed by atoms with E-state index in [9.17, 15) is 13.2 Å². The van der Waals surface area contributed by atoms with Crippen LogP contribution in [0.1, 0.15) is 11.1 Å². The largest absolute Gasteiger partial charge is 0.361 e. The van der Waals surface area contributed by atoms with Gasteiger partial charge in [-0.25, -0.2) is 4.79 Å². The highest BCUT2D eigenvalue weighted by Gasteiger charge is 2.25. The molecule has 0 radical (unpaired) electrons. The molecule has 0 fully saturated rings. The van der Waals surface area contributed by atoms with E-state index < -0.39 is 22.1 Å². The molecule has 0 saturated carbocycles. The van der Waals surface area contributed by atoms with Gasteiger partial charge in [0.2, 0.25) is 0 Å². The van der Waals surface area contributed by atoms with Gasteiger partial charge in [0.1, 0.15) is 10.9 Å². The molecule has 3 aromatic rings. The lowest BCUT2D eigenvalue weighted by atomic mass is 10.1. The second-order valence-electron chi connectivity index (χ2n) is 5.84. The molecular weight excluding hydrogens is 340 g/mol. The van der Waals surface area contributed by atoms with Crippen molar-refractivity contribution in [3.05, 3.63) is 65.9 Å². The van der Waals surface area contributed by atoms with Crippen molar-refractivity contribution in [3.63, 3.8) is 0 Å². The van der Waals surface area contributed by atoms with Crippen molar-refractivity contribution in [1.29, 1.82) is 0 Å². The van der Waals surface area contributed by atoms with Gasteiger partial charge in [0.15, 0.2) is 0 Å². The number of aryl methyl sites for hydroxylation is 1. The third-order valence-corrected chi connectivity index (χ3v) is 5.15. The van der Waals surface area contributed by atoms with Crippen LogP contribution in [0, 0.1) is 6.92 Å². The van der Waals surface area contributed by atoms with Gasteiger partial charge in [0.25, 0.3) is 0 Å². The second-order valence-corrected chi connectivity index (χ2v) is 7.39. The Balaban J connectivity index is 1.73. The molecule has 0 saturated heterocycles. The van der Waals surface area contributed by atoms with E-state index in [1.54, 1.807) is 18.3 Å². The number of aromatic nitrogens is 1. The normalized spacial score (nSPS) is 12.9. The predicted molar refractivity (Wildman–Crippen MR) is 94.4 cm³/mol. The summed E-state index contributed by atoms with van der Waals surface area (Å²) in [6.07, 6.45) is 1.93. The molecule has 0 spiro atoms. The first-order chi connectivity index (χ1) is 11.9. The van der Waals surface area contributed by atoms with Gasteiger partial charge in [-0.05, 0) is 30.7 Å². The van der Waals surface area contributed by atoms with Crippen LogP contribution in [0.25, 0.3) is 10.9 Å². The van der Waals surface area contributed by atoms with E-state index in [2.05, 4.69) is 9.17 Å². The summed E-state index contributed by atoms with van der Waals surface area (Å²) >= 11 is 0. The molecule has 6 nitrogen and oxygen atoms in total. The van der Waals surface area contributed by atoms with Crippen LogP contribution in [-0.2, 0) is 25.5 Å². The highest BCUT2D eigenvalue weighted by Crippen LogP contribution is 2.20. The van der Waals surface area contributed by atoms with E-state index in [4.69, 9.17) is 5.73 Å². The standard InChI is InChI=1S/C18H18N2O4S/c1-12-6-8-14(9-7-12)25(22,23)24-18(21)16(19)10-13-11-20-17-5-3-2-4-15(13)17/h2-9,11,16,20H,10,19H2,1H3/t16-/m0/s1. The number of fused-ring (bicyclic) bond motifs is 1. The van der Waals surface area contributed by atoms with Crippen molar-refractivity contribution in [1.82, 2.24) is 4.98 Å². The lowest BCUT2D eigenvalue weighted by Crippen LogP contribution is -2.35. The summed E-state index contributed by atoms with van der Waals surface area (Å²) in [4.78, 5) is 15.1. The van der Waals surface area contributed by atoms with Crippen molar-refractivity contribution in [2.24, 2.45) is 5.73 Å². The van der Waals surface area contributed by atoms with Gasteiger partial charge in [-0.3, -0.25) is 0 Å². The number of nitrogens with one attached hydrogen (secondary N) is 1. The molecule has 0 bridgehead atoms. The van der Waals surface area contributed by atoms with Crippen LogP contribution in [0.3, 0.4) is 0 Å². The third kappa shape index (κ3) is 3.72. The van der Waals surface area contributed by atoms with Crippen molar-refractivity contribution in [2.45, 2.75) is 24.3 Å². The molecule has 25 heavy (non-hydrogen) atoms. The number of hydrogen-bond acceptors (Lipinski definition) is 5. The summed E-state index contributed by atoms with van der Waals surface area (Å²) in [6, 6.07) is 12.5. The number of para-hydroxylation sites is 1. The Morgan fingerprint density at radius 1 is 1.16 bits per heavy atom. The first-order valence-corrected chi connectivity index (χ1v) is 9.13. The molecule has 3 N–H and O–H groups in total.